The molecule has 0 aliphatic carbocycles. The first-order chi connectivity index (χ1) is 14.1. The van der Waals surface area contributed by atoms with E-state index in [9.17, 15) is 4.79 Å². The second-order valence-electron chi connectivity index (χ2n) is 8.21. The Morgan fingerprint density at radius 3 is 2.53 bits per heavy atom. The smallest absolute Gasteiger partial charge is 0.413 e. The number of methoxy groups -OCH3 is 1. The molecule has 1 aromatic heterocycles. The maximum Gasteiger partial charge on any atom is 0.413 e. The number of anilines is 3. The third-order valence-electron chi connectivity index (χ3n) is 4.97. The van der Waals surface area contributed by atoms with Gasteiger partial charge in [-0.3, -0.25) is 0 Å². The second-order valence-corrected chi connectivity index (χ2v) is 8.21. The van der Waals surface area contributed by atoms with Gasteiger partial charge in [0, 0.05) is 24.4 Å². The lowest BCUT2D eigenvalue weighted by Crippen LogP contribution is -2.23. The number of aryl methyl sites for hydroxylation is 1. The van der Waals surface area contributed by atoms with Crippen molar-refractivity contribution in [1.29, 1.82) is 0 Å². The zero-order chi connectivity index (χ0) is 22.1. The molecule has 0 saturated carbocycles. The van der Waals surface area contributed by atoms with E-state index >= 15 is 0 Å². The Morgan fingerprint density at radius 2 is 1.90 bits per heavy atom. The Bertz CT molecular complexity index is 1070. The quantitative estimate of drug-likeness (QED) is 0.552. The van der Waals surface area contributed by atoms with Crippen LogP contribution in [0.3, 0.4) is 0 Å². The van der Waals surface area contributed by atoms with Crippen molar-refractivity contribution in [1.82, 2.24) is 5.16 Å². The van der Waals surface area contributed by atoms with E-state index in [2.05, 4.69) is 43.4 Å². The fourth-order valence-electron chi connectivity index (χ4n) is 3.05. The minimum absolute atomic E-state index is 0.00835. The Kier molecular flexibility index (Phi) is 5.73. The van der Waals surface area contributed by atoms with E-state index < -0.39 is 6.09 Å². The van der Waals surface area contributed by atoms with Crippen LogP contribution < -0.4 is 15.0 Å². The number of ether oxygens (including phenoxy) is 1. The van der Waals surface area contributed by atoms with Crippen LogP contribution in [0.2, 0.25) is 0 Å². The zero-order valence-corrected chi connectivity index (χ0v) is 18.1. The fourth-order valence-corrected chi connectivity index (χ4v) is 3.05. The zero-order valence-electron chi connectivity index (χ0n) is 18.1. The number of hydrogen-bond acceptors (Lipinski definition) is 5. The number of hydrogen-bond donors (Lipinski definition) is 2. The van der Waals surface area contributed by atoms with Crippen molar-refractivity contribution in [2.24, 2.45) is 0 Å². The first kappa shape index (κ1) is 21.2. The van der Waals surface area contributed by atoms with Crippen molar-refractivity contribution < 1.29 is 19.2 Å². The summed E-state index contributed by atoms with van der Waals surface area (Å²) in [6.45, 7) is 8.46. The molecule has 158 valence electrons. The molecule has 7 nitrogen and oxygen atoms in total. The molecule has 3 aromatic rings. The lowest BCUT2D eigenvalue weighted by atomic mass is 9.87. The van der Waals surface area contributed by atoms with E-state index in [1.807, 2.05) is 31.2 Å². The summed E-state index contributed by atoms with van der Waals surface area (Å²) in [5, 5.41) is 16.6. The molecule has 0 aliphatic heterocycles. The Hall–Kier alpha value is -3.48. The topological polar surface area (TPSA) is 87.8 Å². The van der Waals surface area contributed by atoms with Gasteiger partial charge < -0.3 is 19.7 Å². The average molecular weight is 409 g/mol. The highest BCUT2D eigenvalue weighted by Gasteiger charge is 2.18. The average Bonchev–Trinajstić information content (AvgIpc) is 3.17. The van der Waals surface area contributed by atoms with Gasteiger partial charge in [0.1, 0.15) is 11.4 Å². The van der Waals surface area contributed by atoms with Crippen LogP contribution in [-0.2, 0) is 5.41 Å². The summed E-state index contributed by atoms with van der Waals surface area (Å²) in [5.74, 6) is 0.909. The third-order valence-corrected chi connectivity index (χ3v) is 4.97. The largest absolute Gasteiger partial charge is 0.495 e. The summed E-state index contributed by atoms with van der Waals surface area (Å²) < 4.78 is 10.7. The van der Waals surface area contributed by atoms with Gasteiger partial charge in [0.05, 0.1) is 12.8 Å². The summed E-state index contributed by atoms with van der Waals surface area (Å²) in [4.78, 5) is 12.1. The lowest BCUT2D eigenvalue weighted by Gasteiger charge is -2.21. The molecule has 0 radical (unpaired) electrons. The van der Waals surface area contributed by atoms with Gasteiger partial charge in [0.15, 0.2) is 0 Å². The molecule has 7 heteroatoms. The van der Waals surface area contributed by atoms with E-state index in [0.717, 1.165) is 33.2 Å². The molecule has 0 bridgehead atoms. The van der Waals surface area contributed by atoms with Crippen LogP contribution in [-0.4, -0.2) is 30.5 Å². The van der Waals surface area contributed by atoms with E-state index in [-0.39, 0.29) is 11.3 Å². The lowest BCUT2D eigenvalue weighted by molar-refractivity contribution is 0.201. The number of carboxylic acid groups (broad SMARTS) is 1. The molecule has 0 atom stereocenters. The van der Waals surface area contributed by atoms with Gasteiger partial charge in [0.2, 0.25) is 5.88 Å². The van der Waals surface area contributed by atoms with Gasteiger partial charge in [-0.15, -0.1) is 0 Å². The van der Waals surface area contributed by atoms with Gasteiger partial charge in [-0.2, -0.15) is 0 Å². The number of rotatable bonds is 5. The molecule has 1 heterocycles. The van der Waals surface area contributed by atoms with Crippen LogP contribution in [0.4, 0.5) is 22.1 Å². The normalized spacial score (nSPS) is 11.3. The van der Waals surface area contributed by atoms with Gasteiger partial charge in [-0.1, -0.05) is 38.1 Å². The molecule has 0 saturated heterocycles. The molecule has 0 unspecified atom stereocenters. The first-order valence-corrected chi connectivity index (χ1v) is 9.60. The maximum atomic E-state index is 11.1. The van der Waals surface area contributed by atoms with Crippen molar-refractivity contribution >= 4 is 23.4 Å². The number of aromatic nitrogens is 1. The van der Waals surface area contributed by atoms with Crippen molar-refractivity contribution in [3.63, 3.8) is 0 Å². The van der Waals surface area contributed by atoms with Gasteiger partial charge >= 0.3 is 6.09 Å². The highest BCUT2D eigenvalue weighted by Crippen LogP contribution is 2.35. The summed E-state index contributed by atoms with van der Waals surface area (Å²) in [6.07, 6.45) is -1.12. The summed E-state index contributed by atoms with van der Waals surface area (Å²) in [6, 6.07) is 13.7. The van der Waals surface area contributed by atoms with E-state index in [4.69, 9.17) is 14.4 Å². The van der Waals surface area contributed by atoms with E-state index in [0.29, 0.717) is 5.69 Å². The first-order valence-electron chi connectivity index (χ1n) is 9.60. The van der Waals surface area contributed by atoms with Crippen LogP contribution in [0.15, 0.2) is 47.0 Å². The van der Waals surface area contributed by atoms with Crippen molar-refractivity contribution in [2.45, 2.75) is 33.1 Å². The maximum absolute atomic E-state index is 11.1. The molecule has 2 aromatic carbocycles. The molecular formula is C23H27N3O4. The summed E-state index contributed by atoms with van der Waals surface area (Å²) in [5.41, 5.74) is 5.33. The predicted octanol–water partition coefficient (Wildman–Crippen LogP) is 5.81. The van der Waals surface area contributed by atoms with E-state index in [1.165, 1.54) is 12.6 Å². The molecule has 3 rings (SSSR count). The molecule has 0 spiro atoms. The number of carbonyl (C=O) groups is 1. The highest BCUT2D eigenvalue weighted by atomic mass is 16.5. The van der Waals surface area contributed by atoms with Crippen LogP contribution in [0.5, 0.6) is 5.75 Å². The standard InChI is InChI=1S/C23H27N3O4/c1-14-7-9-16(12-17(14)18-13-21(30-25-18)26(5)22(27)28)24-19-11-15(23(2,3)4)8-10-20(19)29-6/h7-13,24H,1-6H3,(H,27,28). The Labute approximate surface area is 176 Å². The molecule has 0 aliphatic rings. The predicted molar refractivity (Wildman–Crippen MR) is 118 cm³/mol. The molecule has 2 N–H and O–H groups in total. The summed E-state index contributed by atoms with van der Waals surface area (Å²) in [7, 11) is 3.06. The fraction of sp³-hybridized carbons (Fsp3) is 0.304. The number of nitrogens with one attached hydrogen (secondary N) is 1. The number of nitrogens with zero attached hydrogens (tertiary/aromatic N) is 2. The molecule has 0 fully saturated rings. The third kappa shape index (κ3) is 4.40. The number of amides is 1. The Balaban J connectivity index is 1.96. The van der Waals surface area contributed by atoms with Gasteiger partial charge in [-0.25, -0.2) is 9.69 Å². The molecule has 30 heavy (non-hydrogen) atoms. The van der Waals surface area contributed by atoms with Crippen molar-refractivity contribution in [3.05, 3.63) is 53.6 Å². The number of benzene rings is 2. The van der Waals surface area contributed by atoms with Gasteiger partial charge in [-0.05, 0) is 47.7 Å². The van der Waals surface area contributed by atoms with Crippen molar-refractivity contribution in [2.75, 3.05) is 24.4 Å². The highest BCUT2D eigenvalue weighted by molar-refractivity contribution is 5.84. The monoisotopic (exact) mass is 409 g/mol. The minimum atomic E-state index is -1.12. The van der Waals surface area contributed by atoms with E-state index in [1.54, 1.807) is 13.2 Å². The second kappa shape index (κ2) is 8.10. The van der Waals surface area contributed by atoms with Crippen LogP contribution in [0.25, 0.3) is 11.3 Å². The Morgan fingerprint density at radius 1 is 1.17 bits per heavy atom. The van der Waals surface area contributed by atoms with Crippen LogP contribution >= 0.6 is 0 Å². The van der Waals surface area contributed by atoms with Crippen LogP contribution in [0.1, 0.15) is 31.9 Å². The van der Waals surface area contributed by atoms with Gasteiger partial charge in [0.25, 0.3) is 0 Å². The molecular weight excluding hydrogens is 382 g/mol. The van der Waals surface area contributed by atoms with Crippen LogP contribution in [0, 0.1) is 6.92 Å². The van der Waals surface area contributed by atoms with Crippen molar-refractivity contribution in [3.8, 4) is 17.0 Å². The SMILES string of the molecule is COc1ccc(C(C)(C)C)cc1Nc1ccc(C)c(-c2cc(N(C)C(=O)O)on2)c1. The molecule has 1 amide bonds. The minimum Gasteiger partial charge on any atom is -0.495 e. The summed E-state index contributed by atoms with van der Waals surface area (Å²) >= 11 is 0.